The van der Waals surface area contributed by atoms with E-state index in [2.05, 4.69) is 22.1 Å². The predicted octanol–water partition coefficient (Wildman–Crippen LogP) is 2.53. The summed E-state index contributed by atoms with van der Waals surface area (Å²) in [5.74, 6) is 0. The molecule has 5 heteroatoms. The molecule has 2 aromatic rings. The minimum atomic E-state index is 0.724. The Bertz CT molecular complexity index is 633. The molecule has 4 nitrogen and oxygen atoms in total. The van der Waals surface area contributed by atoms with E-state index < -0.39 is 0 Å². The second-order valence-corrected chi connectivity index (χ2v) is 5.40. The van der Waals surface area contributed by atoms with Gasteiger partial charge in [0, 0.05) is 37.1 Å². The van der Waals surface area contributed by atoms with Crippen LogP contribution in [0.5, 0.6) is 0 Å². The van der Waals surface area contributed by atoms with Gasteiger partial charge in [-0.3, -0.25) is 4.68 Å². The van der Waals surface area contributed by atoms with Crippen LogP contribution < -0.4 is 10.6 Å². The van der Waals surface area contributed by atoms with Crippen molar-refractivity contribution in [2.24, 2.45) is 7.05 Å². The number of halogens is 1. The van der Waals surface area contributed by atoms with E-state index in [0.717, 1.165) is 41.6 Å². The van der Waals surface area contributed by atoms with Crippen LogP contribution >= 0.6 is 11.6 Å². The largest absolute Gasteiger partial charge is 0.399 e. The Hall–Kier alpha value is -1.68. The number of rotatable bonds is 2. The van der Waals surface area contributed by atoms with Crippen LogP contribution in [0.25, 0.3) is 0 Å². The molecular formula is C14H17ClN4. The Kier molecular flexibility index (Phi) is 2.90. The summed E-state index contributed by atoms with van der Waals surface area (Å²) in [6.45, 7) is 3.81. The van der Waals surface area contributed by atoms with Gasteiger partial charge in [-0.25, -0.2) is 0 Å². The molecule has 0 unspecified atom stereocenters. The number of fused-ring (bicyclic) bond motifs is 1. The van der Waals surface area contributed by atoms with Gasteiger partial charge in [-0.1, -0.05) is 11.6 Å². The van der Waals surface area contributed by atoms with Crippen LogP contribution in [0.3, 0.4) is 0 Å². The molecule has 2 N–H and O–H groups in total. The Labute approximate surface area is 117 Å². The summed E-state index contributed by atoms with van der Waals surface area (Å²) in [4.78, 5) is 2.34. The lowest BCUT2D eigenvalue weighted by atomic mass is 10.1. The molecule has 1 aliphatic rings. The first kappa shape index (κ1) is 12.4. The third-order valence-electron chi connectivity index (χ3n) is 3.71. The van der Waals surface area contributed by atoms with E-state index in [-0.39, 0.29) is 0 Å². The zero-order valence-corrected chi connectivity index (χ0v) is 11.9. The van der Waals surface area contributed by atoms with E-state index in [1.54, 1.807) is 4.68 Å². The first-order valence-corrected chi connectivity index (χ1v) is 6.75. The van der Waals surface area contributed by atoms with Gasteiger partial charge >= 0.3 is 0 Å². The highest BCUT2D eigenvalue weighted by atomic mass is 35.5. The molecule has 1 aliphatic heterocycles. The van der Waals surface area contributed by atoms with Crippen molar-refractivity contribution in [3.05, 3.63) is 40.2 Å². The lowest BCUT2D eigenvalue weighted by Gasteiger charge is -2.19. The Morgan fingerprint density at radius 3 is 2.89 bits per heavy atom. The summed E-state index contributed by atoms with van der Waals surface area (Å²) >= 11 is 6.30. The molecule has 0 amide bonds. The van der Waals surface area contributed by atoms with Crippen LogP contribution in [0, 0.1) is 6.92 Å². The highest BCUT2D eigenvalue weighted by Gasteiger charge is 2.22. The fourth-order valence-corrected chi connectivity index (χ4v) is 2.93. The number of benzene rings is 1. The average Bonchev–Trinajstić information content (AvgIpc) is 2.86. The second-order valence-electron chi connectivity index (χ2n) is 5.04. The SMILES string of the molecule is Cc1nn(C)c(Cl)c1CN1CCc2cc(N)ccc21. The van der Waals surface area contributed by atoms with Crippen molar-refractivity contribution in [1.82, 2.24) is 9.78 Å². The van der Waals surface area contributed by atoms with E-state index in [0.29, 0.717) is 0 Å². The number of anilines is 2. The van der Waals surface area contributed by atoms with Crippen LogP contribution in [0.15, 0.2) is 18.2 Å². The van der Waals surface area contributed by atoms with Gasteiger partial charge in [0.25, 0.3) is 0 Å². The lowest BCUT2D eigenvalue weighted by Crippen LogP contribution is -2.20. The van der Waals surface area contributed by atoms with Crippen molar-refractivity contribution >= 4 is 23.0 Å². The van der Waals surface area contributed by atoms with Crippen LogP contribution in [0.4, 0.5) is 11.4 Å². The van der Waals surface area contributed by atoms with Crippen LogP contribution in [-0.2, 0) is 20.0 Å². The Morgan fingerprint density at radius 1 is 1.42 bits per heavy atom. The molecule has 100 valence electrons. The first-order chi connectivity index (χ1) is 9.06. The minimum Gasteiger partial charge on any atom is -0.399 e. The zero-order chi connectivity index (χ0) is 13.6. The quantitative estimate of drug-likeness (QED) is 0.858. The van der Waals surface area contributed by atoms with Crippen LogP contribution in [-0.4, -0.2) is 16.3 Å². The van der Waals surface area contributed by atoms with Crippen molar-refractivity contribution in [1.29, 1.82) is 0 Å². The number of hydrogen-bond donors (Lipinski definition) is 1. The average molecular weight is 277 g/mol. The van der Waals surface area contributed by atoms with E-state index in [4.69, 9.17) is 17.3 Å². The Balaban J connectivity index is 1.91. The summed E-state index contributed by atoms with van der Waals surface area (Å²) in [6.07, 6.45) is 1.04. The molecule has 0 radical (unpaired) electrons. The maximum Gasteiger partial charge on any atom is 0.131 e. The van der Waals surface area contributed by atoms with Crippen LogP contribution in [0.1, 0.15) is 16.8 Å². The van der Waals surface area contributed by atoms with Gasteiger partial charge < -0.3 is 10.6 Å². The summed E-state index contributed by atoms with van der Waals surface area (Å²) in [5, 5.41) is 5.08. The second kappa shape index (κ2) is 4.46. The minimum absolute atomic E-state index is 0.724. The first-order valence-electron chi connectivity index (χ1n) is 6.37. The van der Waals surface area contributed by atoms with Crippen molar-refractivity contribution in [2.75, 3.05) is 17.2 Å². The van der Waals surface area contributed by atoms with Gasteiger partial charge in [-0.15, -0.1) is 0 Å². The monoisotopic (exact) mass is 276 g/mol. The van der Waals surface area contributed by atoms with Gasteiger partial charge in [0.15, 0.2) is 0 Å². The standard InChI is InChI=1S/C14H17ClN4/c1-9-12(14(15)18(2)17-9)8-19-6-5-10-7-11(16)3-4-13(10)19/h3-4,7H,5-6,8,16H2,1-2H3. The molecule has 19 heavy (non-hydrogen) atoms. The molecule has 0 saturated heterocycles. The van der Waals surface area contributed by atoms with Crippen molar-refractivity contribution in [3.8, 4) is 0 Å². The van der Waals surface area contributed by atoms with E-state index in [1.807, 2.05) is 20.0 Å². The van der Waals surface area contributed by atoms with Gasteiger partial charge in [0.1, 0.15) is 5.15 Å². The Morgan fingerprint density at radius 2 is 2.21 bits per heavy atom. The van der Waals surface area contributed by atoms with Crippen molar-refractivity contribution in [2.45, 2.75) is 19.9 Å². The lowest BCUT2D eigenvalue weighted by molar-refractivity contribution is 0.757. The topological polar surface area (TPSA) is 47.1 Å². The molecule has 1 aromatic heterocycles. The molecule has 3 rings (SSSR count). The molecule has 0 atom stereocenters. The molecule has 2 heterocycles. The predicted molar refractivity (Wildman–Crippen MR) is 78.6 cm³/mol. The summed E-state index contributed by atoms with van der Waals surface area (Å²) < 4.78 is 1.73. The smallest absolute Gasteiger partial charge is 0.131 e. The van der Waals surface area contributed by atoms with Crippen LogP contribution in [0.2, 0.25) is 5.15 Å². The van der Waals surface area contributed by atoms with E-state index in [1.165, 1.54) is 11.3 Å². The third kappa shape index (κ3) is 2.06. The van der Waals surface area contributed by atoms with E-state index >= 15 is 0 Å². The number of nitrogens with two attached hydrogens (primary N) is 1. The molecule has 0 aliphatic carbocycles. The summed E-state index contributed by atoms with van der Waals surface area (Å²) in [7, 11) is 1.87. The fraction of sp³-hybridized carbons (Fsp3) is 0.357. The zero-order valence-electron chi connectivity index (χ0n) is 11.2. The third-order valence-corrected chi connectivity index (χ3v) is 4.19. The van der Waals surface area contributed by atoms with Crippen molar-refractivity contribution in [3.63, 3.8) is 0 Å². The normalized spacial score (nSPS) is 13.9. The maximum absolute atomic E-state index is 6.30. The van der Waals surface area contributed by atoms with Gasteiger partial charge in [0.2, 0.25) is 0 Å². The van der Waals surface area contributed by atoms with Gasteiger partial charge in [-0.2, -0.15) is 5.10 Å². The fourth-order valence-electron chi connectivity index (χ4n) is 2.70. The number of nitrogens with zero attached hydrogens (tertiary/aromatic N) is 3. The summed E-state index contributed by atoms with van der Waals surface area (Å²) in [5.41, 5.74) is 11.3. The molecular weight excluding hydrogens is 260 g/mol. The molecule has 0 bridgehead atoms. The van der Waals surface area contributed by atoms with Gasteiger partial charge in [0.05, 0.1) is 5.69 Å². The highest BCUT2D eigenvalue weighted by molar-refractivity contribution is 6.30. The summed E-state index contributed by atoms with van der Waals surface area (Å²) in [6, 6.07) is 6.11. The van der Waals surface area contributed by atoms with Crippen molar-refractivity contribution < 1.29 is 0 Å². The maximum atomic E-state index is 6.30. The van der Waals surface area contributed by atoms with E-state index in [9.17, 15) is 0 Å². The molecule has 0 spiro atoms. The molecule has 0 fully saturated rings. The number of nitrogen functional groups attached to an aromatic ring is 1. The molecule has 0 saturated carbocycles. The highest BCUT2D eigenvalue weighted by Crippen LogP contribution is 2.32. The molecule has 1 aromatic carbocycles. The number of aromatic nitrogens is 2. The van der Waals surface area contributed by atoms with Gasteiger partial charge in [-0.05, 0) is 37.1 Å². The number of hydrogen-bond acceptors (Lipinski definition) is 3. The number of aryl methyl sites for hydroxylation is 2.